The molecular weight excluding hydrogens is 282 g/mol. The van der Waals surface area contributed by atoms with Crippen LogP contribution >= 0.6 is 0 Å². The van der Waals surface area contributed by atoms with Gasteiger partial charge in [-0.15, -0.1) is 10.2 Å². The number of aromatic nitrogens is 3. The highest BCUT2D eigenvalue weighted by Gasteiger charge is 2.14. The fraction of sp³-hybridized carbons (Fsp3) is 0.333. The topological polar surface area (TPSA) is 80.1 Å². The number of urea groups is 1. The Labute approximate surface area is 129 Å². The number of anilines is 1. The van der Waals surface area contributed by atoms with Gasteiger partial charge in [-0.3, -0.25) is 4.79 Å². The van der Waals surface area contributed by atoms with Crippen molar-refractivity contribution >= 4 is 17.5 Å². The monoisotopic (exact) mass is 301 g/mol. The van der Waals surface area contributed by atoms with E-state index in [4.69, 9.17) is 0 Å². The minimum atomic E-state index is -0.277. The van der Waals surface area contributed by atoms with E-state index in [1.54, 1.807) is 31.3 Å². The molecule has 0 aliphatic carbocycles. The molecule has 1 N–H and O–H groups in total. The van der Waals surface area contributed by atoms with Crippen LogP contribution in [-0.2, 0) is 13.6 Å². The Hall–Kier alpha value is -2.70. The summed E-state index contributed by atoms with van der Waals surface area (Å²) in [5, 5.41) is 10.8. The summed E-state index contributed by atoms with van der Waals surface area (Å²) in [6.07, 6.45) is 0. The van der Waals surface area contributed by atoms with Gasteiger partial charge in [-0.25, -0.2) is 4.79 Å². The lowest BCUT2D eigenvalue weighted by atomic mass is 10.1. The van der Waals surface area contributed by atoms with Gasteiger partial charge in [-0.05, 0) is 26.0 Å². The van der Waals surface area contributed by atoms with Gasteiger partial charge in [0, 0.05) is 25.3 Å². The van der Waals surface area contributed by atoms with Gasteiger partial charge in [0.25, 0.3) is 0 Å². The zero-order chi connectivity index (χ0) is 16.3. The van der Waals surface area contributed by atoms with E-state index in [1.807, 2.05) is 18.5 Å². The number of hydrogen-bond acceptors (Lipinski definition) is 4. The number of benzene rings is 1. The number of rotatable bonds is 4. The molecule has 0 saturated heterocycles. The molecule has 1 aromatic carbocycles. The lowest BCUT2D eigenvalue weighted by Crippen LogP contribution is -2.31. The van der Waals surface area contributed by atoms with Crippen LogP contribution in [0, 0.1) is 6.92 Å². The Balaban J connectivity index is 2.04. The number of carbonyl (C=O) groups is 2. The van der Waals surface area contributed by atoms with E-state index >= 15 is 0 Å². The molecule has 2 amide bonds. The first-order valence-electron chi connectivity index (χ1n) is 6.86. The number of hydrogen-bond donors (Lipinski definition) is 1. The second-order valence-corrected chi connectivity index (χ2v) is 5.15. The van der Waals surface area contributed by atoms with E-state index in [0.717, 1.165) is 5.82 Å². The first-order valence-corrected chi connectivity index (χ1v) is 6.86. The summed E-state index contributed by atoms with van der Waals surface area (Å²) < 4.78 is 1.83. The van der Waals surface area contributed by atoms with Crippen LogP contribution in [0.2, 0.25) is 0 Å². The molecule has 0 atom stereocenters. The molecule has 0 aliphatic heterocycles. The molecule has 7 nitrogen and oxygen atoms in total. The lowest BCUT2D eigenvalue weighted by molar-refractivity contribution is 0.101. The summed E-state index contributed by atoms with van der Waals surface area (Å²) >= 11 is 0. The van der Waals surface area contributed by atoms with Gasteiger partial charge in [-0.2, -0.15) is 0 Å². The van der Waals surface area contributed by atoms with Crippen LogP contribution < -0.4 is 5.32 Å². The fourth-order valence-electron chi connectivity index (χ4n) is 1.91. The van der Waals surface area contributed by atoms with Crippen LogP contribution in [-0.4, -0.2) is 38.5 Å². The van der Waals surface area contributed by atoms with E-state index in [9.17, 15) is 9.59 Å². The molecule has 0 radical (unpaired) electrons. The van der Waals surface area contributed by atoms with Crippen molar-refractivity contribution in [3.8, 4) is 0 Å². The summed E-state index contributed by atoms with van der Waals surface area (Å²) in [6, 6.07) is 6.56. The molecule has 2 rings (SSSR count). The minimum absolute atomic E-state index is 0.0426. The molecule has 7 heteroatoms. The Kier molecular flexibility index (Phi) is 4.55. The second-order valence-electron chi connectivity index (χ2n) is 5.15. The summed E-state index contributed by atoms with van der Waals surface area (Å²) in [4.78, 5) is 25.0. The summed E-state index contributed by atoms with van der Waals surface area (Å²) in [5.74, 6) is 1.45. The quantitative estimate of drug-likeness (QED) is 0.876. The van der Waals surface area contributed by atoms with Crippen LogP contribution in [0.4, 0.5) is 10.5 Å². The number of aryl methyl sites for hydroxylation is 1. The molecule has 2 aromatic rings. The van der Waals surface area contributed by atoms with Crippen LogP contribution in [0.1, 0.15) is 28.9 Å². The number of nitrogens with one attached hydrogen (secondary N) is 1. The molecule has 1 aromatic heterocycles. The van der Waals surface area contributed by atoms with Gasteiger partial charge in [-0.1, -0.05) is 12.1 Å². The van der Waals surface area contributed by atoms with Crippen molar-refractivity contribution in [2.75, 3.05) is 12.4 Å². The number of carbonyl (C=O) groups excluding carboxylic acids is 2. The Morgan fingerprint density at radius 2 is 2.05 bits per heavy atom. The van der Waals surface area contributed by atoms with E-state index in [0.29, 0.717) is 23.6 Å². The highest BCUT2D eigenvalue weighted by atomic mass is 16.2. The molecule has 22 heavy (non-hydrogen) atoms. The highest BCUT2D eigenvalue weighted by molar-refractivity contribution is 5.96. The predicted octanol–water partition coefficient (Wildman–Crippen LogP) is 1.99. The van der Waals surface area contributed by atoms with E-state index < -0.39 is 0 Å². The average Bonchev–Trinajstić information content (AvgIpc) is 2.79. The van der Waals surface area contributed by atoms with Gasteiger partial charge in [0.05, 0.1) is 6.54 Å². The molecular formula is C15H19N5O2. The van der Waals surface area contributed by atoms with Crippen molar-refractivity contribution < 1.29 is 9.59 Å². The van der Waals surface area contributed by atoms with Gasteiger partial charge in [0.1, 0.15) is 5.82 Å². The Morgan fingerprint density at radius 1 is 1.32 bits per heavy atom. The summed E-state index contributed by atoms with van der Waals surface area (Å²) in [5.41, 5.74) is 1.14. The third kappa shape index (κ3) is 3.49. The van der Waals surface area contributed by atoms with Gasteiger partial charge >= 0.3 is 6.03 Å². The van der Waals surface area contributed by atoms with Crippen LogP contribution in [0.3, 0.4) is 0 Å². The second kappa shape index (κ2) is 6.38. The average molecular weight is 301 g/mol. The molecule has 0 aliphatic rings. The molecule has 0 fully saturated rings. The van der Waals surface area contributed by atoms with Crippen LogP contribution in [0.25, 0.3) is 0 Å². The maximum Gasteiger partial charge on any atom is 0.321 e. The smallest absolute Gasteiger partial charge is 0.320 e. The van der Waals surface area contributed by atoms with Crippen molar-refractivity contribution in [1.29, 1.82) is 0 Å². The third-order valence-corrected chi connectivity index (χ3v) is 3.43. The SMILES string of the molecule is CC(=O)c1cccc(NC(=O)N(C)Cc2nnc(C)n2C)c1. The van der Waals surface area contributed by atoms with E-state index in [1.165, 1.54) is 11.8 Å². The predicted molar refractivity (Wildman–Crippen MR) is 82.7 cm³/mol. The van der Waals surface area contributed by atoms with Crippen molar-refractivity contribution in [2.45, 2.75) is 20.4 Å². The third-order valence-electron chi connectivity index (χ3n) is 3.43. The normalized spacial score (nSPS) is 10.4. The van der Waals surface area contributed by atoms with Crippen LogP contribution in [0.5, 0.6) is 0 Å². The molecule has 116 valence electrons. The van der Waals surface area contributed by atoms with Gasteiger partial charge in [0.2, 0.25) is 0 Å². The summed E-state index contributed by atoms with van der Waals surface area (Å²) in [7, 11) is 3.53. The van der Waals surface area contributed by atoms with E-state index in [-0.39, 0.29) is 11.8 Å². The zero-order valence-electron chi connectivity index (χ0n) is 13.1. The molecule has 0 saturated carbocycles. The number of ketones is 1. The lowest BCUT2D eigenvalue weighted by Gasteiger charge is -2.17. The van der Waals surface area contributed by atoms with Crippen molar-refractivity contribution in [3.63, 3.8) is 0 Å². The maximum atomic E-state index is 12.2. The van der Waals surface area contributed by atoms with Crippen LogP contribution in [0.15, 0.2) is 24.3 Å². The molecule has 1 heterocycles. The highest BCUT2D eigenvalue weighted by Crippen LogP contribution is 2.12. The van der Waals surface area contributed by atoms with Gasteiger partial charge in [0.15, 0.2) is 11.6 Å². The summed E-state index contributed by atoms with van der Waals surface area (Å²) in [6.45, 7) is 3.68. The van der Waals surface area contributed by atoms with Crippen molar-refractivity contribution in [1.82, 2.24) is 19.7 Å². The fourth-order valence-corrected chi connectivity index (χ4v) is 1.91. The first kappa shape index (κ1) is 15.7. The largest absolute Gasteiger partial charge is 0.321 e. The Morgan fingerprint density at radius 3 is 2.64 bits per heavy atom. The Bertz CT molecular complexity index is 708. The maximum absolute atomic E-state index is 12.2. The number of nitrogens with zero attached hydrogens (tertiary/aromatic N) is 4. The standard InChI is InChI=1S/C15H19N5O2/c1-10(21)12-6-5-7-13(8-12)16-15(22)19(3)9-14-18-17-11(2)20(14)4/h5-8H,9H2,1-4H3,(H,16,22). The number of Topliss-reactive ketones (excluding diaryl/α,β-unsaturated/α-hetero) is 1. The molecule has 0 bridgehead atoms. The van der Waals surface area contributed by atoms with Gasteiger partial charge < -0.3 is 14.8 Å². The van der Waals surface area contributed by atoms with E-state index in [2.05, 4.69) is 15.5 Å². The van der Waals surface area contributed by atoms with Crippen molar-refractivity contribution in [2.24, 2.45) is 7.05 Å². The molecule has 0 spiro atoms. The number of amides is 2. The van der Waals surface area contributed by atoms with Crippen molar-refractivity contribution in [3.05, 3.63) is 41.5 Å². The minimum Gasteiger partial charge on any atom is -0.320 e. The zero-order valence-corrected chi connectivity index (χ0v) is 13.1. The molecule has 0 unspecified atom stereocenters. The first-order chi connectivity index (χ1) is 10.4.